The third-order valence-electron chi connectivity index (χ3n) is 1.17. The Bertz CT molecular complexity index is 79.9. The van der Waals surface area contributed by atoms with Gasteiger partial charge in [0.1, 0.15) is 0 Å². The quantitative estimate of drug-likeness (QED) is 0.652. The maximum absolute atomic E-state index is 9.70. The average Bonchev–Trinajstić information content (AvgIpc) is 2.09. The molecule has 0 spiro atoms. The van der Waals surface area contributed by atoms with Gasteiger partial charge in [-0.15, -0.1) is 0 Å². The molecule has 0 rings (SSSR count). The van der Waals surface area contributed by atoms with Gasteiger partial charge in [0, 0.05) is 14.0 Å². The van der Waals surface area contributed by atoms with Crippen molar-refractivity contribution in [3.05, 3.63) is 0 Å². The summed E-state index contributed by atoms with van der Waals surface area (Å²) in [4.78, 5) is 9.70. The second-order valence-corrected chi connectivity index (χ2v) is 2.61. The zero-order chi connectivity index (χ0) is 10.6. The Morgan fingerprint density at radius 3 is 1.50 bits per heavy atom. The van der Waals surface area contributed by atoms with Crippen molar-refractivity contribution in [2.24, 2.45) is 5.92 Å². The van der Waals surface area contributed by atoms with Crippen LogP contribution in [-0.2, 0) is 4.79 Å². The molecule has 2 nitrogen and oxygen atoms in total. The van der Waals surface area contributed by atoms with Crippen LogP contribution in [0, 0.1) is 5.92 Å². The Labute approximate surface area is 77.7 Å². The third kappa shape index (κ3) is 56.4. The highest BCUT2D eigenvalue weighted by Gasteiger charge is 1.80. The number of nitrogens with one attached hydrogen (secondary N) is 1. The Kier molecular flexibility index (Phi) is 24.6. The summed E-state index contributed by atoms with van der Waals surface area (Å²) in [6.45, 7) is 12.1. The minimum absolute atomic E-state index is 0.00463. The molecule has 76 valence electrons. The van der Waals surface area contributed by atoms with E-state index in [9.17, 15) is 4.79 Å². The first-order valence-electron chi connectivity index (χ1n) is 4.72. The summed E-state index contributed by atoms with van der Waals surface area (Å²) in [6.07, 6.45) is 1.31. The minimum Gasteiger partial charge on any atom is -0.359 e. The highest BCUT2D eigenvalue weighted by atomic mass is 16.1. The first-order chi connectivity index (χ1) is 5.54. The normalized spacial score (nSPS) is 7.33. The molecule has 12 heavy (non-hydrogen) atoms. The van der Waals surface area contributed by atoms with Gasteiger partial charge in [0.25, 0.3) is 0 Å². The van der Waals surface area contributed by atoms with Gasteiger partial charge in [-0.3, -0.25) is 4.79 Å². The van der Waals surface area contributed by atoms with Crippen molar-refractivity contribution in [3.63, 3.8) is 0 Å². The van der Waals surface area contributed by atoms with Crippen LogP contribution < -0.4 is 5.32 Å². The van der Waals surface area contributed by atoms with Crippen LogP contribution in [0.15, 0.2) is 0 Å². The lowest BCUT2D eigenvalue weighted by atomic mass is 10.2. The summed E-state index contributed by atoms with van der Waals surface area (Å²) in [5.41, 5.74) is 0. The van der Waals surface area contributed by atoms with Gasteiger partial charge in [0.15, 0.2) is 0 Å². The van der Waals surface area contributed by atoms with E-state index in [-0.39, 0.29) is 5.91 Å². The molecular weight excluding hydrogens is 150 g/mol. The lowest BCUT2D eigenvalue weighted by Crippen LogP contribution is -2.11. The van der Waals surface area contributed by atoms with Crippen molar-refractivity contribution >= 4 is 5.91 Å². The van der Waals surface area contributed by atoms with Crippen LogP contribution >= 0.6 is 0 Å². The zero-order valence-electron chi connectivity index (χ0n) is 9.69. The van der Waals surface area contributed by atoms with Gasteiger partial charge in [-0.2, -0.15) is 0 Å². The average molecular weight is 175 g/mol. The molecule has 0 fully saturated rings. The molecule has 1 N–H and O–H groups in total. The molecule has 1 amide bonds. The largest absolute Gasteiger partial charge is 0.359 e. The van der Waals surface area contributed by atoms with Crippen molar-refractivity contribution in [2.45, 2.75) is 48.0 Å². The molecule has 2 heteroatoms. The predicted octanol–water partition coefficient (Wildman–Crippen LogP) is 2.83. The van der Waals surface area contributed by atoms with Crippen LogP contribution in [0.3, 0.4) is 0 Å². The lowest BCUT2D eigenvalue weighted by Gasteiger charge is -1.90. The highest BCUT2D eigenvalue weighted by Crippen LogP contribution is 1.93. The van der Waals surface area contributed by atoms with Crippen molar-refractivity contribution in [1.29, 1.82) is 0 Å². The SMILES string of the molecule is CC.CCC(C)C.CNC(C)=O. The standard InChI is InChI=1S/C5H12.C3H7NO.C2H6/c1-4-5(2)3;1-3(5)4-2;1-2/h5H,4H2,1-3H3;1-2H3,(H,4,5);1-2H3. The maximum Gasteiger partial charge on any atom is 0.216 e. The molecule has 0 radical (unpaired) electrons. The Balaban J connectivity index is -0.000000112. The fourth-order valence-corrected chi connectivity index (χ4v) is 0. The van der Waals surface area contributed by atoms with Crippen molar-refractivity contribution in [1.82, 2.24) is 5.32 Å². The predicted molar refractivity (Wildman–Crippen MR) is 56.2 cm³/mol. The summed E-state index contributed by atoms with van der Waals surface area (Å²) < 4.78 is 0. The Hall–Kier alpha value is -0.530. The van der Waals surface area contributed by atoms with Crippen molar-refractivity contribution in [3.8, 4) is 0 Å². The van der Waals surface area contributed by atoms with Gasteiger partial charge in [-0.25, -0.2) is 0 Å². The van der Waals surface area contributed by atoms with E-state index in [4.69, 9.17) is 0 Å². The first kappa shape index (κ1) is 17.5. The minimum atomic E-state index is 0.00463. The summed E-state index contributed by atoms with van der Waals surface area (Å²) in [5, 5.41) is 2.39. The number of hydrogen-bond acceptors (Lipinski definition) is 1. The second-order valence-electron chi connectivity index (χ2n) is 2.61. The molecule has 0 aromatic rings. The van der Waals surface area contributed by atoms with Crippen LogP contribution in [0.4, 0.5) is 0 Å². The number of carbonyl (C=O) groups excluding carboxylic acids is 1. The van der Waals surface area contributed by atoms with E-state index in [0.717, 1.165) is 5.92 Å². The zero-order valence-corrected chi connectivity index (χ0v) is 9.69. The Morgan fingerprint density at radius 1 is 1.33 bits per heavy atom. The van der Waals surface area contributed by atoms with Gasteiger partial charge >= 0.3 is 0 Å². The van der Waals surface area contributed by atoms with Crippen molar-refractivity contribution in [2.75, 3.05) is 7.05 Å². The van der Waals surface area contributed by atoms with Crippen LogP contribution in [0.2, 0.25) is 0 Å². The van der Waals surface area contributed by atoms with E-state index in [0.29, 0.717) is 0 Å². The number of rotatable bonds is 1. The molecule has 0 heterocycles. The molecule has 0 saturated heterocycles. The van der Waals surface area contributed by atoms with E-state index in [1.807, 2.05) is 13.8 Å². The molecule has 0 saturated carbocycles. The fraction of sp³-hybridized carbons (Fsp3) is 0.900. The summed E-state index contributed by atoms with van der Waals surface area (Å²) in [6, 6.07) is 0. The maximum atomic E-state index is 9.70. The first-order valence-corrected chi connectivity index (χ1v) is 4.72. The van der Waals surface area contributed by atoms with Gasteiger partial charge in [-0.1, -0.05) is 41.0 Å². The number of amides is 1. The highest BCUT2D eigenvalue weighted by molar-refractivity contribution is 5.72. The van der Waals surface area contributed by atoms with Gasteiger partial charge in [-0.05, 0) is 5.92 Å². The molecule has 0 unspecified atom stereocenters. The van der Waals surface area contributed by atoms with Crippen LogP contribution in [0.5, 0.6) is 0 Å². The molecular formula is C10H25NO. The topological polar surface area (TPSA) is 29.1 Å². The van der Waals surface area contributed by atoms with Crippen LogP contribution in [-0.4, -0.2) is 13.0 Å². The van der Waals surface area contributed by atoms with Crippen LogP contribution in [0.1, 0.15) is 48.0 Å². The molecule has 0 aliphatic carbocycles. The number of hydrogen-bond donors (Lipinski definition) is 1. The van der Waals surface area contributed by atoms with Gasteiger partial charge < -0.3 is 5.32 Å². The van der Waals surface area contributed by atoms with Crippen molar-refractivity contribution < 1.29 is 4.79 Å². The summed E-state index contributed by atoms with van der Waals surface area (Å²) in [5.74, 6) is 0.889. The molecule has 0 atom stereocenters. The molecule has 0 aliphatic heterocycles. The van der Waals surface area contributed by atoms with Gasteiger partial charge in [0.2, 0.25) is 5.91 Å². The Morgan fingerprint density at radius 2 is 1.50 bits per heavy atom. The summed E-state index contributed by atoms with van der Waals surface area (Å²) >= 11 is 0. The molecule has 0 aromatic carbocycles. The molecule has 0 aliphatic rings. The monoisotopic (exact) mass is 175 g/mol. The lowest BCUT2D eigenvalue weighted by molar-refractivity contribution is -0.118. The van der Waals surface area contributed by atoms with Gasteiger partial charge in [0.05, 0.1) is 0 Å². The second kappa shape index (κ2) is 16.8. The van der Waals surface area contributed by atoms with E-state index in [2.05, 4.69) is 26.1 Å². The van der Waals surface area contributed by atoms with Crippen LogP contribution in [0.25, 0.3) is 0 Å². The third-order valence-corrected chi connectivity index (χ3v) is 1.17. The fourth-order valence-electron chi connectivity index (χ4n) is 0. The van der Waals surface area contributed by atoms with E-state index in [1.165, 1.54) is 13.3 Å². The molecule has 0 bridgehead atoms. The number of carbonyl (C=O) groups is 1. The smallest absolute Gasteiger partial charge is 0.216 e. The van der Waals surface area contributed by atoms with E-state index in [1.54, 1.807) is 7.05 Å². The van der Waals surface area contributed by atoms with E-state index < -0.39 is 0 Å². The molecule has 0 aromatic heterocycles. The van der Waals surface area contributed by atoms with E-state index >= 15 is 0 Å². The summed E-state index contributed by atoms with van der Waals surface area (Å²) in [7, 11) is 1.60.